The number of nitrogens with zero attached hydrogens (tertiary/aromatic N) is 5. The quantitative estimate of drug-likeness (QED) is 0.605. The molecule has 2 aromatic heterocycles. The lowest BCUT2D eigenvalue weighted by molar-refractivity contribution is -0.133. The summed E-state index contributed by atoms with van der Waals surface area (Å²) in [5, 5.41) is 0.579. The zero-order valence-electron chi connectivity index (χ0n) is 18.3. The highest BCUT2D eigenvalue weighted by molar-refractivity contribution is 6.30. The van der Waals surface area contributed by atoms with Crippen LogP contribution in [0.4, 0.5) is 5.95 Å². The smallest absolute Gasteiger partial charge is 0.227 e. The van der Waals surface area contributed by atoms with E-state index in [1.165, 1.54) is 19.3 Å². The van der Waals surface area contributed by atoms with Crippen LogP contribution in [-0.4, -0.2) is 58.5 Å². The second kappa shape index (κ2) is 9.61. The molecule has 3 aliphatic rings. The summed E-state index contributed by atoms with van der Waals surface area (Å²) in [7, 11) is 0. The molecule has 3 fully saturated rings. The highest BCUT2D eigenvalue weighted by atomic mass is 35.5. The molecule has 0 aromatic carbocycles. The van der Waals surface area contributed by atoms with Crippen molar-refractivity contribution < 1.29 is 9.53 Å². The predicted molar refractivity (Wildman–Crippen MR) is 123 cm³/mol. The number of carbonyl (C=O) groups is 1. The van der Waals surface area contributed by atoms with Crippen LogP contribution >= 0.6 is 11.6 Å². The van der Waals surface area contributed by atoms with Crippen molar-refractivity contribution in [2.45, 2.75) is 38.5 Å². The van der Waals surface area contributed by atoms with Crippen molar-refractivity contribution in [1.29, 1.82) is 0 Å². The normalized spacial score (nSPS) is 23.0. The van der Waals surface area contributed by atoms with E-state index in [4.69, 9.17) is 16.3 Å². The summed E-state index contributed by atoms with van der Waals surface area (Å²) < 4.78 is 5.87. The Morgan fingerprint density at radius 3 is 2.50 bits per heavy atom. The van der Waals surface area contributed by atoms with Crippen LogP contribution in [0.15, 0.2) is 30.7 Å². The van der Waals surface area contributed by atoms with Gasteiger partial charge in [-0.2, -0.15) is 0 Å². The number of piperidine rings is 1. The van der Waals surface area contributed by atoms with Gasteiger partial charge in [0.2, 0.25) is 17.7 Å². The van der Waals surface area contributed by atoms with Crippen molar-refractivity contribution in [2.75, 3.05) is 37.7 Å². The summed E-state index contributed by atoms with van der Waals surface area (Å²) >= 11 is 5.89. The zero-order chi connectivity index (χ0) is 21.9. The number of amides is 1. The number of likely N-dealkylation sites (tertiary alicyclic amines) is 1. The molecule has 0 spiro atoms. The highest BCUT2D eigenvalue weighted by Gasteiger charge is 2.43. The molecule has 7 nitrogen and oxygen atoms in total. The minimum Gasteiger partial charge on any atom is -0.478 e. The van der Waals surface area contributed by atoms with Crippen molar-refractivity contribution in [2.24, 2.45) is 17.8 Å². The summed E-state index contributed by atoms with van der Waals surface area (Å²) in [6, 6.07) is 3.84. The van der Waals surface area contributed by atoms with Crippen LogP contribution in [0.3, 0.4) is 0 Å². The molecule has 2 aliphatic heterocycles. The average molecular weight is 456 g/mol. The second-order valence-electron chi connectivity index (χ2n) is 9.24. The van der Waals surface area contributed by atoms with Gasteiger partial charge in [0.25, 0.3) is 0 Å². The molecular formula is C24H30ClN5O2. The summed E-state index contributed by atoms with van der Waals surface area (Å²) in [6.07, 6.45) is 11.5. The molecule has 4 heterocycles. The first-order valence-electron chi connectivity index (χ1n) is 11.7. The maximum absolute atomic E-state index is 12.1. The molecule has 0 bridgehead atoms. The van der Waals surface area contributed by atoms with Crippen LogP contribution in [0.2, 0.25) is 5.02 Å². The van der Waals surface area contributed by atoms with E-state index in [2.05, 4.69) is 19.9 Å². The number of rotatable bonds is 8. The fourth-order valence-electron chi connectivity index (χ4n) is 4.94. The predicted octanol–water partition coefficient (Wildman–Crippen LogP) is 3.62. The molecule has 2 aromatic rings. The first-order valence-corrected chi connectivity index (χ1v) is 12.1. The van der Waals surface area contributed by atoms with Crippen LogP contribution in [0.25, 0.3) is 0 Å². The van der Waals surface area contributed by atoms with Crippen LogP contribution in [0, 0.1) is 17.8 Å². The molecule has 1 amide bonds. The van der Waals surface area contributed by atoms with Crippen molar-refractivity contribution in [1.82, 2.24) is 19.9 Å². The number of aromatic nitrogens is 3. The number of carbonyl (C=O) groups excluding carboxylic acids is 1. The maximum Gasteiger partial charge on any atom is 0.227 e. The molecule has 1 saturated carbocycles. The lowest BCUT2D eigenvalue weighted by Crippen LogP contribution is -2.42. The molecule has 0 radical (unpaired) electrons. The summed E-state index contributed by atoms with van der Waals surface area (Å²) in [5.74, 6) is 4.03. The Hall–Kier alpha value is -2.41. The van der Waals surface area contributed by atoms with E-state index in [9.17, 15) is 4.79 Å². The van der Waals surface area contributed by atoms with Gasteiger partial charge in [0.15, 0.2) is 0 Å². The topological polar surface area (TPSA) is 71.5 Å². The minimum absolute atomic E-state index is 0.193. The molecule has 0 N–H and O–H groups in total. The third-order valence-electron chi connectivity index (χ3n) is 7.11. The molecule has 1 aliphatic carbocycles. The standard InChI is InChI=1S/C24H30ClN5O2/c25-20-15-27-24(28-16-20)30-9-4-18(5-10-30)21-13-19(21)6-11-32-22-3-2-17(14-26-22)12-23(31)29-7-1-8-29/h2-3,14-16,18-19,21H,1,4-13H2. The summed E-state index contributed by atoms with van der Waals surface area (Å²) in [4.78, 5) is 29.3. The lowest BCUT2D eigenvalue weighted by atomic mass is 9.90. The van der Waals surface area contributed by atoms with E-state index in [1.807, 2.05) is 17.0 Å². The van der Waals surface area contributed by atoms with Gasteiger partial charge in [-0.1, -0.05) is 17.7 Å². The molecule has 8 heteroatoms. The highest BCUT2D eigenvalue weighted by Crippen LogP contribution is 2.49. The molecule has 5 rings (SSSR count). The Kier molecular flexibility index (Phi) is 6.44. The number of halogens is 1. The maximum atomic E-state index is 12.1. The van der Waals surface area contributed by atoms with Gasteiger partial charge in [0, 0.05) is 38.4 Å². The molecule has 32 heavy (non-hydrogen) atoms. The van der Waals surface area contributed by atoms with Crippen LogP contribution in [0.1, 0.15) is 37.7 Å². The van der Waals surface area contributed by atoms with Gasteiger partial charge in [-0.05, 0) is 55.4 Å². The van der Waals surface area contributed by atoms with Crippen LogP contribution in [0.5, 0.6) is 5.88 Å². The first kappa shape index (κ1) is 21.4. The zero-order valence-corrected chi connectivity index (χ0v) is 19.1. The van der Waals surface area contributed by atoms with Gasteiger partial charge in [-0.25, -0.2) is 15.0 Å². The van der Waals surface area contributed by atoms with Crippen molar-refractivity contribution in [3.05, 3.63) is 41.3 Å². The van der Waals surface area contributed by atoms with Gasteiger partial charge in [-0.15, -0.1) is 0 Å². The largest absolute Gasteiger partial charge is 0.478 e. The Labute approximate surface area is 194 Å². The average Bonchev–Trinajstić information content (AvgIpc) is 3.54. The van der Waals surface area contributed by atoms with Gasteiger partial charge in [0.05, 0.1) is 30.4 Å². The van der Waals surface area contributed by atoms with Crippen molar-refractivity contribution >= 4 is 23.5 Å². The number of hydrogen-bond donors (Lipinski definition) is 0. The Bertz CT molecular complexity index is 911. The number of hydrogen-bond acceptors (Lipinski definition) is 6. The van der Waals surface area contributed by atoms with Crippen molar-refractivity contribution in [3.63, 3.8) is 0 Å². The third-order valence-corrected chi connectivity index (χ3v) is 7.31. The van der Waals surface area contributed by atoms with Gasteiger partial charge < -0.3 is 14.5 Å². The molecule has 2 atom stereocenters. The fraction of sp³-hybridized carbons (Fsp3) is 0.583. The van der Waals surface area contributed by atoms with E-state index in [0.29, 0.717) is 23.9 Å². The third kappa shape index (κ3) is 5.14. The minimum atomic E-state index is 0.193. The van der Waals surface area contributed by atoms with E-state index >= 15 is 0 Å². The Balaban J connectivity index is 0.997. The van der Waals surface area contributed by atoms with Gasteiger partial charge >= 0.3 is 0 Å². The van der Waals surface area contributed by atoms with E-state index in [1.54, 1.807) is 18.6 Å². The van der Waals surface area contributed by atoms with Gasteiger partial charge in [0.1, 0.15) is 0 Å². The first-order chi connectivity index (χ1) is 15.7. The lowest BCUT2D eigenvalue weighted by Gasteiger charge is -2.32. The van der Waals surface area contributed by atoms with E-state index in [-0.39, 0.29) is 5.91 Å². The number of pyridine rings is 1. The molecular weight excluding hydrogens is 426 g/mol. The fourth-order valence-corrected chi connectivity index (χ4v) is 5.04. The SMILES string of the molecule is O=C(Cc1ccc(OCCC2CC2C2CCN(c3ncc(Cl)cn3)CC2)nc1)N1CCC1. The van der Waals surface area contributed by atoms with Gasteiger partial charge in [-0.3, -0.25) is 4.79 Å². The van der Waals surface area contributed by atoms with Crippen LogP contribution in [-0.2, 0) is 11.2 Å². The monoisotopic (exact) mass is 455 g/mol. The van der Waals surface area contributed by atoms with Crippen LogP contribution < -0.4 is 9.64 Å². The summed E-state index contributed by atoms with van der Waals surface area (Å²) in [5.41, 5.74) is 0.951. The Morgan fingerprint density at radius 1 is 1.06 bits per heavy atom. The van der Waals surface area contributed by atoms with E-state index < -0.39 is 0 Å². The molecule has 170 valence electrons. The summed E-state index contributed by atoms with van der Waals surface area (Å²) in [6.45, 7) is 4.53. The van der Waals surface area contributed by atoms with Crippen molar-refractivity contribution in [3.8, 4) is 5.88 Å². The molecule has 2 unspecified atom stereocenters. The molecule has 2 saturated heterocycles. The number of anilines is 1. The number of ether oxygens (including phenoxy) is 1. The second-order valence-corrected chi connectivity index (χ2v) is 9.67. The van der Waals surface area contributed by atoms with E-state index in [0.717, 1.165) is 68.3 Å². The Morgan fingerprint density at radius 2 is 1.84 bits per heavy atom.